The van der Waals surface area contributed by atoms with Gasteiger partial charge in [0, 0.05) is 6.04 Å². The summed E-state index contributed by atoms with van der Waals surface area (Å²) in [6, 6.07) is 3.57. The normalized spacial score (nSPS) is 24.3. The van der Waals surface area contributed by atoms with Crippen LogP contribution in [0.15, 0.2) is 12.1 Å². The maximum absolute atomic E-state index is 10.5. The molecule has 5 nitrogen and oxygen atoms in total. The van der Waals surface area contributed by atoms with Crippen molar-refractivity contribution < 1.29 is 9.90 Å². The van der Waals surface area contributed by atoms with Gasteiger partial charge in [-0.05, 0) is 30.9 Å². The molecular formula is C10H13N3O2. The zero-order valence-electron chi connectivity index (χ0n) is 8.47. The van der Waals surface area contributed by atoms with E-state index in [1.54, 1.807) is 6.07 Å². The quantitative estimate of drug-likeness (QED) is 0.783. The topological polar surface area (TPSA) is 75.1 Å². The Morgan fingerprint density at radius 2 is 2.27 bits per heavy atom. The van der Waals surface area contributed by atoms with Crippen LogP contribution in [0.5, 0.6) is 0 Å². The van der Waals surface area contributed by atoms with Crippen LogP contribution in [-0.2, 0) is 0 Å². The summed E-state index contributed by atoms with van der Waals surface area (Å²) >= 11 is 0. The summed E-state index contributed by atoms with van der Waals surface area (Å²) in [4.78, 5) is 10.5. The van der Waals surface area contributed by atoms with E-state index in [2.05, 4.69) is 22.4 Å². The second-order valence-electron chi connectivity index (χ2n) is 3.91. The maximum atomic E-state index is 10.5. The molecule has 1 fully saturated rings. The molecule has 1 heterocycles. The van der Waals surface area contributed by atoms with Crippen LogP contribution in [0, 0.1) is 5.92 Å². The highest BCUT2D eigenvalue weighted by atomic mass is 16.4. The van der Waals surface area contributed by atoms with Crippen LogP contribution in [0.1, 0.15) is 30.3 Å². The van der Waals surface area contributed by atoms with Gasteiger partial charge in [-0.3, -0.25) is 0 Å². The third-order valence-corrected chi connectivity index (χ3v) is 2.84. The van der Waals surface area contributed by atoms with Crippen molar-refractivity contribution in [2.45, 2.75) is 25.8 Å². The van der Waals surface area contributed by atoms with Gasteiger partial charge in [0.2, 0.25) is 0 Å². The summed E-state index contributed by atoms with van der Waals surface area (Å²) in [7, 11) is 0. The van der Waals surface area contributed by atoms with Gasteiger partial charge in [-0.15, -0.1) is 10.2 Å². The van der Waals surface area contributed by atoms with E-state index in [0.717, 1.165) is 6.42 Å². The fourth-order valence-electron chi connectivity index (χ4n) is 1.59. The number of carboxylic acids is 1. The van der Waals surface area contributed by atoms with E-state index in [-0.39, 0.29) is 5.69 Å². The molecule has 15 heavy (non-hydrogen) atoms. The van der Waals surface area contributed by atoms with Gasteiger partial charge in [-0.2, -0.15) is 0 Å². The van der Waals surface area contributed by atoms with Crippen LogP contribution in [0.25, 0.3) is 0 Å². The molecule has 0 spiro atoms. The van der Waals surface area contributed by atoms with Crippen molar-refractivity contribution in [2.24, 2.45) is 5.92 Å². The average molecular weight is 207 g/mol. The number of nitrogens with one attached hydrogen (secondary N) is 1. The molecule has 2 N–H and O–H groups in total. The van der Waals surface area contributed by atoms with Crippen molar-refractivity contribution in [2.75, 3.05) is 5.32 Å². The van der Waals surface area contributed by atoms with Gasteiger partial charge in [0.15, 0.2) is 5.69 Å². The predicted molar refractivity (Wildman–Crippen MR) is 54.8 cm³/mol. The number of aromatic carboxylic acids is 1. The summed E-state index contributed by atoms with van der Waals surface area (Å²) in [6.45, 7) is 2.18. The van der Waals surface area contributed by atoms with Crippen LogP contribution in [0.4, 0.5) is 5.82 Å². The largest absolute Gasteiger partial charge is 0.476 e. The number of nitrogens with zero attached hydrogens (tertiary/aromatic N) is 2. The van der Waals surface area contributed by atoms with Gasteiger partial charge in [0.1, 0.15) is 5.82 Å². The third kappa shape index (κ3) is 2.06. The second kappa shape index (κ2) is 3.84. The van der Waals surface area contributed by atoms with Crippen molar-refractivity contribution >= 4 is 11.8 Å². The number of anilines is 1. The molecule has 1 aliphatic rings. The van der Waals surface area contributed by atoms with Gasteiger partial charge < -0.3 is 10.4 Å². The molecule has 1 aromatic heterocycles. The summed E-state index contributed by atoms with van der Waals surface area (Å²) in [6.07, 6.45) is 2.38. The molecule has 2 rings (SSSR count). The number of rotatable bonds is 3. The van der Waals surface area contributed by atoms with Gasteiger partial charge in [-0.25, -0.2) is 4.79 Å². The molecule has 0 radical (unpaired) electrons. The smallest absolute Gasteiger partial charge is 0.356 e. The molecule has 2 atom stereocenters. The molecule has 2 unspecified atom stereocenters. The summed E-state index contributed by atoms with van der Waals surface area (Å²) in [5.41, 5.74) is -0.0257. The van der Waals surface area contributed by atoms with Crippen molar-refractivity contribution in [1.82, 2.24) is 10.2 Å². The molecule has 5 heteroatoms. The van der Waals surface area contributed by atoms with Crippen molar-refractivity contribution in [1.29, 1.82) is 0 Å². The van der Waals surface area contributed by atoms with Crippen LogP contribution >= 0.6 is 0 Å². The standard InChI is InChI=1S/C10H13N3O2/c1-6-2-3-7(6)11-9-5-4-8(10(14)15)12-13-9/h4-7H,2-3H2,1H3,(H,11,13)(H,14,15). The first-order valence-electron chi connectivity index (χ1n) is 5.00. The lowest BCUT2D eigenvalue weighted by Gasteiger charge is -2.34. The van der Waals surface area contributed by atoms with Crippen LogP contribution in [0.2, 0.25) is 0 Å². The van der Waals surface area contributed by atoms with Gasteiger partial charge in [0.05, 0.1) is 0 Å². The summed E-state index contributed by atoms with van der Waals surface area (Å²) in [5, 5.41) is 19.3. The van der Waals surface area contributed by atoms with Crippen LogP contribution < -0.4 is 5.32 Å². The molecule has 0 amide bonds. The summed E-state index contributed by atoms with van der Waals surface area (Å²) < 4.78 is 0. The second-order valence-corrected chi connectivity index (χ2v) is 3.91. The molecule has 1 aromatic rings. The van der Waals surface area contributed by atoms with E-state index in [4.69, 9.17) is 5.11 Å². The molecule has 1 saturated carbocycles. The van der Waals surface area contributed by atoms with E-state index >= 15 is 0 Å². The molecule has 0 aromatic carbocycles. The molecule has 0 aliphatic heterocycles. The maximum Gasteiger partial charge on any atom is 0.356 e. The Morgan fingerprint density at radius 3 is 2.67 bits per heavy atom. The highest BCUT2D eigenvalue weighted by molar-refractivity contribution is 5.85. The zero-order valence-corrected chi connectivity index (χ0v) is 8.47. The van der Waals surface area contributed by atoms with E-state index in [1.807, 2.05) is 0 Å². The first-order chi connectivity index (χ1) is 7.16. The first kappa shape index (κ1) is 9.89. The monoisotopic (exact) mass is 207 g/mol. The lowest BCUT2D eigenvalue weighted by Crippen LogP contribution is -2.36. The predicted octanol–water partition coefficient (Wildman–Crippen LogP) is 1.39. The Kier molecular flexibility index (Phi) is 2.53. The molecule has 1 aliphatic carbocycles. The Balaban J connectivity index is 2.01. The average Bonchev–Trinajstić information content (AvgIpc) is 2.24. The van der Waals surface area contributed by atoms with E-state index in [1.165, 1.54) is 12.5 Å². The molecule has 0 bridgehead atoms. The Morgan fingerprint density at radius 1 is 1.47 bits per heavy atom. The number of hydrogen-bond donors (Lipinski definition) is 2. The van der Waals surface area contributed by atoms with E-state index in [9.17, 15) is 4.79 Å². The molecular weight excluding hydrogens is 194 g/mol. The SMILES string of the molecule is CC1CCC1Nc1ccc(C(=O)O)nn1. The van der Waals surface area contributed by atoms with Crippen molar-refractivity contribution in [3.05, 3.63) is 17.8 Å². The van der Waals surface area contributed by atoms with Crippen LogP contribution in [0.3, 0.4) is 0 Å². The Hall–Kier alpha value is -1.65. The lowest BCUT2D eigenvalue weighted by atomic mass is 9.81. The number of carbonyl (C=O) groups is 1. The number of hydrogen-bond acceptors (Lipinski definition) is 4. The van der Waals surface area contributed by atoms with E-state index in [0.29, 0.717) is 17.8 Å². The Labute approximate surface area is 87.5 Å². The molecule has 80 valence electrons. The fraction of sp³-hybridized carbons (Fsp3) is 0.500. The minimum Gasteiger partial charge on any atom is -0.476 e. The first-order valence-corrected chi connectivity index (χ1v) is 5.00. The van der Waals surface area contributed by atoms with Crippen molar-refractivity contribution in [3.8, 4) is 0 Å². The third-order valence-electron chi connectivity index (χ3n) is 2.84. The fourth-order valence-corrected chi connectivity index (χ4v) is 1.59. The van der Waals surface area contributed by atoms with Gasteiger partial charge >= 0.3 is 5.97 Å². The van der Waals surface area contributed by atoms with Gasteiger partial charge in [0.25, 0.3) is 0 Å². The minimum absolute atomic E-state index is 0.0257. The van der Waals surface area contributed by atoms with Crippen molar-refractivity contribution in [3.63, 3.8) is 0 Å². The molecule has 0 saturated heterocycles. The minimum atomic E-state index is -1.05. The van der Waals surface area contributed by atoms with Gasteiger partial charge in [-0.1, -0.05) is 6.92 Å². The Bertz CT molecular complexity index is 363. The van der Waals surface area contributed by atoms with Crippen LogP contribution in [-0.4, -0.2) is 27.3 Å². The number of carboxylic acid groups (broad SMARTS) is 1. The van der Waals surface area contributed by atoms with E-state index < -0.39 is 5.97 Å². The highest BCUT2D eigenvalue weighted by Gasteiger charge is 2.26. The summed E-state index contributed by atoms with van der Waals surface area (Å²) in [5.74, 6) is 0.258. The number of aromatic nitrogens is 2. The highest BCUT2D eigenvalue weighted by Crippen LogP contribution is 2.28. The zero-order chi connectivity index (χ0) is 10.8. The lowest BCUT2D eigenvalue weighted by molar-refractivity contribution is 0.0689.